The highest BCUT2D eigenvalue weighted by molar-refractivity contribution is 5.30. The second-order valence-corrected chi connectivity index (χ2v) is 6.06. The van der Waals surface area contributed by atoms with Crippen LogP contribution in [0.4, 0.5) is 4.39 Å². The zero-order chi connectivity index (χ0) is 14.4. The minimum absolute atomic E-state index is 0.258. The van der Waals surface area contributed by atoms with Crippen molar-refractivity contribution >= 4 is 0 Å². The number of halogens is 1. The lowest BCUT2D eigenvalue weighted by Crippen LogP contribution is -2.44. The number of nitrogens with zero attached hydrogens (tertiary/aromatic N) is 2. The van der Waals surface area contributed by atoms with Crippen LogP contribution in [0.25, 0.3) is 0 Å². The molecule has 0 spiro atoms. The van der Waals surface area contributed by atoms with Crippen molar-refractivity contribution in [1.82, 2.24) is 10.1 Å². The van der Waals surface area contributed by atoms with E-state index in [2.05, 4.69) is 10.1 Å². The van der Waals surface area contributed by atoms with Crippen LogP contribution in [0.3, 0.4) is 0 Å². The summed E-state index contributed by atoms with van der Waals surface area (Å²) in [5.74, 6) is 0.830. The normalized spacial score (nSPS) is 17.8. The van der Waals surface area contributed by atoms with E-state index in [1.807, 2.05) is 13.8 Å². The molecular formula is C15H18FN3O. The van der Waals surface area contributed by atoms with Crippen molar-refractivity contribution in [2.24, 2.45) is 5.73 Å². The minimum atomic E-state index is -0.473. The second kappa shape index (κ2) is 4.38. The van der Waals surface area contributed by atoms with Gasteiger partial charge in [0.1, 0.15) is 5.82 Å². The number of hydrogen-bond donors (Lipinski definition) is 1. The van der Waals surface area contributed by atoms with Gasteiger partial charge in [-0.2, -0.15) is 4.98 Å². The minimum Gasteiger partial charge on any atom is -0.338 e. The lowest BCUT2D eigenvalue weighted by Gasteiger charge is -2.34. The standard InChI is InChI=1S/C15H18FN3O/c1-14(2,10-4-6-11(16)7-5-10)13-18-12(19-20-13)15(17)8-3-9-15/h4-7H,3,8-9,17H2,1-2H3. The van der Waals surface area contributed by atoms with E-state index in [0.29, 0.717) is 11.7 Å². The molecule has 0 unspecified atom stereocenters. The number of aromatic nitrogens is 2. The average molecular weight is 275 g/mol. The highest BCUT2D eigenvalue weighted by Gasteiger charge is 2.40. The van der Waals surface area contributed by atoms with Crippen LogP contribution in [0.15, 0.2) is 28.8 Å². The van der Waals surface area contributed by atoms with E-state index >= 15 is 0 Å². The molecule has 1 aromatic heterocycles. The molecule has 0 radical (unpaired) electrons. The Kier molecular flexibility index (Phi) is 2.90. The van der Waals surface area contributed by atoms with Gasteiger partial charge in [0, 0.05) is 0 Å². The predicted octanol–water partition coefficient (Wildman–Crippen LogP) is 2.87. The fourth-order valence-electron chi connectivity index (χ4n) is 2.45. The molecule has 4 nitrogen and oxygen atoms in total. The summed E-state index contributed by atoms with van der Waals surface area (Å²) in [7, 11) is 0. The molecule has 20 heavy (non-hydrogen) atoms. The van der Waals surface area contributed by atoms with Gasteiger partial charge in [-0.15, -0.1) is 0 Å². The molecule has 106 valence electrons. The van der Waals surface area contributed by atoms with E-state index in [4.69, 9.17) is 10.3 Å². The number of benzene rings is 1. The van der Waals surface area contributed by atoms with Crippen LogP contribution in [0.5, 0.6) is 0 Å². The maximum Gasteiger partial charge on any atom is 0.236 e. The SMILES string of the molecule is CC(C)(c1ccc(F)cc1)c1nc(C2(N)CCC2)no1. The van der Waals surface area contributed by atoms with Crippen LogP contribution in [0.2, 0.25) is 0 Å². The molecule has 2 aromatic rings. The summed E-state index contributed by atoms with van der Waals surface area (Å²) in [5.41, 5.74) is 6.23. The average Bonchev–Trinajstić information content (AvgIpc) is 2.87. The van der Waals surface area contributed by atoms with Crippen LogP contribution in [-0.2, 0) is 11.0 Å². The summed E-state index contributed by atoms with van der Waals surface area (Å²) in [6.45, 7) is 3.95. The molecule has 1 fully saturated rings. The van der Waals surface area contributed by atoms with Crippen molar-refractivity contribution in [3.05, 3.63) is 47.4 Å². The zero-order valence-electron chi connectivity index (χ0n) is 11.7. The van der Waals surface area contributed by atoms with Gasteiger partial charge in [-0.05, 0) is 50.8 Å². The van der Waals surface area contributed by atoms with Crippen molar-refractivity contribution < 1.29 is 8.91 Å². The van der Waals surface area contributed by atoms with Gasteiger partial charge in [0.15, 0.2) is 5.82 Å². The Balaban J connectivity index is 1.93. The highest BCUT2D eigenvalue weighted by Crippen LogP contribution is 2.38. The summed E-state index contributed by atoms with van der Waals surface area (Å²) in [4.78, 5) is 4.48. The van der Waals surface area contributed by atoms with Crippen molar-refractivity contribution in [3.63, 3.8) is 0 Å². The Labute approximate surface area is 117 Å². The van der Waals surface area contributed by atoms with Crippen LogP contribution in [0, 0.1) is 5.82 Å². The van der Waals surface area contributed by atoms with E-state index in [1.54, 1.807) is 12.1 Å². The maximum absolute atomic E-state index is 13.0. The molecule has 0 saturated heterocycles. The summed E-state index contributed by atoms with van der Waals surface area (Å²) in [6, 6.07) is 6.34. The van der Waals surface area contributed by atoms with Crippen LogP contribution >= 0.6 is 0 Å². The Morgan fingerprint density at radius 3 is 2.45 bits per heavy atom. The smallest absolute Gasteiger partial charge is 0.236 e. The number of hydrogen-bond acceptors (Lipinski definition) is 4. The van der Waals surface area contributed by atoms with E-state index in [0.717, 1.165) is 24.8 Å². The van der Waals surface area contributed by atoms with Crippen molar-refractivity contribution in [2.75, 3.05) is 0 Å². The van der Waals surface area contributed by atoms with Gasteiger partial charge in [0.25, 0.3) is 0 Å². The lowest BCUT2D eigenvalue weighted by atomic mass is 9.77. The number of rotatable bonds is 3. The summed E-state index contributed by atoms with van der Waals surface area (Å²) >= 11 is 0. The molecule has 0 bridgehead atoms. The zero-order valence-corrected chi connectivity index (χ0v) is 11.7. The third-order valence-corrected chi connectivity index (χ3v) is 4.22. The third kappa shape index (κ3) is 2.02. The first-order chi connectivity index (χ1) is 9.42. The third-order valence-electron chi connectivity index (χ3n) is 4.22. The molecule has 3 rings (SSSR count). The predicted molar refractivity (Wildman–Crippen MR) is 72.5 cm³/mol. The van der Waals surface area contributed by atoms with Crippen molar-refractivity contribution in [1.29, 1.82) is 0 Å². The monoisotopic (exact) mass is 275 g/mol. The molecule has 1 saturated carbocycles. The first kappa shape index (κ1) is 13.2. The van der Waals surface area contributed by atoms with Gasteiger partial charge >= 0.3 is 0 Å². The molecule has 0 aliphatic heterocycles. The first-order valence-electron chi connectivity index (χ1n) is 6.81. The molecule has 2 N–H and O–H groups in total. The topological polar surface area (TPSA) is 64.9 Å². The molecule has 1 aliphatic rings. The Morgan fingerprint density at radius 1 is 1.25 bits per heavy atom. The highest BCUT2D eigenvalue weighted by atomic mass is 19.1. The Hall–Kier alpha value is -1.75. The van der Waals surface area contributed by atoms with E-state index in [-0.39, 0.29) is 5.82 Å². The summed E-state index contributed by atoms with van der Waals surface area (Å²) < 4.78 is 18.4. The fourth-order valence-corrected chi connectivity index (χ4v) is 2.45. The van der Waals surface area contributed by atoms with Gasteiger partial charge in [-0.25, -0.2) is 4.39 Å². The van der Waals surface area contributed by atoms with Crippen LogP contribution in [0.1, 0.15) is 50.4 Å². The quantitative estimate of drug-likeness (QED) is 0.935. The van der Waals surface area contributed by atoms with Crippen LogP contribution < -0.4 is 5.73 Å². The fraction of sp³-hybridized carbons (Fsp3) is 0.467. The first-order valence-corrected chi connectivity index (χ1v) is 6.81. The van der Waals surface area contributed by atoms with Gasteiger partial charge < -0.3 is 10.3 Å². The van der Waals surface area contributed by atoms with Gasteiger partial charge in [-0.1, -0.05) is 17.3 Å². The van der Waals surface area contributed by atoms with Crippen molar-refractivity contribution in [2.45, 2.75) is 44.1 Å². The molecular weight excluding hydrogens is 257 g/mol. The van der Waals surface area contributed by atoms with Crippen molar-refractivity contribution in [3.8, 4) is 0 Å². The summed E-state index contributed by atoms with van der Waals surface area (Å²) in [5, 5.41) is 4.03. The van der Waals surface area contributed by atoms with Gasteiger partial charge in [0.05, 0.1) is 11.0 Å². The molecule has 1 heterocycles. The largest absolute Gasteiger partial charge is 0.338 e. The van der Waals surface area contributed by atoms with E-state index in [9.17, 15) is 4.39 Å². The lowest BCUT2D eigenvalue weighted by molar-refractivity contribution is 0.228. The maximum atomic E-state index is 13.0. The summed E-state index contributed by atoms with van der Waals surface area (Å²) in [6.07, 6.45) is 2.88. The van der Waals surface area contributed by atoms with Gasteiger partial charge in [0.2, 0.25) is 5.89 Å². The molecule has 0 amide bonds. The van der Waals surface area contributed by atoms with Gasteiger partial charge in [-0.3, -0.25) is 0 Å². The Morgan fingerprint density at radius 2 is 1.90 bits per heavy atom. The molecule has 1 aliphatic carbocycles. The molecule has 1 aromatic carbocycles. The van der Waals surface area contributed by atoms with E-state index in [1.165, 1.54) is 12.1 Å². The van der Waals surface area contributed by atoms with Crippen LogP contribution in [-0.4, -0.2) is 10.1 Å². The Bertz CT molecular complexity index is 614. The molecule has 5 heteroatoms. The molecule has 0 atom stereocenters. The second-order valence-electron chi connectivity index (χ2n) is 6.06. The van der Waals surface area contributed by atoms with E-state index < -0.39 is 11.0 Å². The number of nitrogens with two attached hydrogens (primary N) is 1.